The van der Waals surface area contributed by atoms with E-state index in [-0.39, 0.29) is 5.25 Å². The average Bonchev–Trinajstić information content (AvgIpc) is 2.31. The zero-order valence-electron chi connectivity index (χ0n) is 9.99. The second kappa shape index (κ2) is 5.40. The fourth-order valence-corrected chi connectivity index (χ4v) is 4.46. The Bertz CT molecular complexity index is 435. The summed E-state index contributed by atoms with van der Waals surface area (Å²) in [6.45, 7) is 2.23. The molecule has 0 amide bonds. The third kappa shape index (κ3) is 3.02. The SMILES string of the molecule is CC1CCCC(S(=O)c2cc(Cl)ccc2N)C1. The summed E-state index contributed by atoms with van der Waals surface area (Å²) in [6.07, 6.45) is 4.47. The van der Waals surface area contributed by atoms with Gasteiger partial charge in [0.05, 0.1) is 15.7 Å². The van der Waals surface area contributed by atoms with Crippen molar-refractivity contribution in [3.05, 3.63) is 23.2 Å². The fraction of sp³-hybridized carbons (Fsp3) is 0.538. The van der Waals surface area contributed by atoms with Crippen LogP contribution in [0.1, 0.15) is 32.6 Å². The summed E-state index contributed by atoms with van der Waals surface area (Å²) >= 11 is 5.94. The molecular weight excluding hydrogens is 254 g/mol. The zero-order valence-corrected chi connectivity index (χ0v) is 11.6. The van der Waals surface area contributed by atoms with Crippen LogP contribution < -0.4 is 5.73 Å². The normalized spacial score (nSPS) is 26.7. The quantitative estimate of drug-likeness (QED) is 0.835. The predicted octanol–water partition coefficient (Wildman–Crippen LogP) is 3.61. The maximum absolute atomic E-state index is 12.5. The number of halogens is 1. The molecule has 3 unspecified atom stereocenters. The van der Waals surface area contributed by atoms with E-state index in [0.29, 0.717) is 21.5 Å². The molecule has 4 heteroatoms. The lowest BCUT2D eigenvalue weighted by Gasteiger charge is -2.26. The van der Waals surface area contributed by atoms with Crippen molar-refractivity contribution in [1.29, 1.82) is 0 Å². The molecule has 0 saturated heterocycles. The predicted molar refractivity (Wildman–Crippen MR) is 73.7 cm³/mol. The van der Waals surface area contributed by atoms with Crippen molar-refractivity contribution >= 4 is 28.1 Å². The van der Waals surface area contributed by atoms with Crippen LogP contribution in [-0.2, 0) is 10.8 Å². The Kier molecular flexibility index (Phi) is 4.10. The highest BCUT2D eigenvalue weighted by Gasteiger charge is 2.26. The van der Waals surface area contributed by atoms with E-state index in [1.807, 2.05) is 0 Å². The van der Waals surface area contributed by atoms with E-state index >= 15 is 0 Å². The molecule has 0 spiro atoms. The van der Waals surface area contributed by atoms with Crippen LogP contribution in [0.4, 0.5) is 5.69 Å². The minimum absolute atomic E-state index is 0.236. The van der Waals surface area contributed by atoms with E-state index in [2.05, 4.69) is 6.92 Å². The van der Waals surface area contributed by atoms with E-state index in [1.54, 1.807) is 18.2 Å². The molecule has 0 bridgehead atoms. The summed E-state index contributed by atoms with van der Waals surface area (Å²) in [6, 6.07) is 5.22. The number of hydrogen-bond acceptors (Lipinski definition) is 2. The molecule has 17 heavy (non-hydrogen) atoms. The van der Waals surface area contributed by atoms with Crippen molar-refractivity contribution in [2.24, 2.45) is 5.92 Å². The van der Waals surface area contributed by atoms with Gasteiger partial charge in [-0.2, -0.15) is 0 Å². The Balaban J connectivity index is 2.21. The number of rotatable bonds is 2. The summed E-state index contributed by atoms with van der Waals surface area (Å²) in [7, 11) is -1.02. The second-order valence-electron chi connectivity index (χ2n) is 4.87. The van der Waals surface area contributed by atoms with Gasteiger partial charge in [0.25, 0.3) is 0 Å². The lowest BCUT2D eigenvalue weighted by atomic mass is 9.91. The van der Waals surface area contributed by atoms with Crippen LogP contribution in [-0.4, -0.2) is 9.46 Å². The molecule has 0 aliphatic heterocycles. The number of benzene rings is 1. The van der Waals surface area contributed by atoms with Gasteiger partial charge >= 0.3 is 0 Å². The molecule has 94 valence electrons. The van der Waals surface area contributed by atoms with E-state index < -0.39 is 10.8 Å². The summed E-state index contributed by atoms with van der Waals surface area (Å²) in [5.74, 6) is 0.665. The topological polar surface area (TPSA) is 43.1 Å². The molecule has 1 fully saturated rings. The minimum Gasteiger partial charge on any atom is -0.398 e. The molecule has 2 nitrogen and oxygen atoms in total. The van der Waals surface area contributed by atoms with E-state index in [1.165, 1.54) is 6.42 Å². The molecule has 0 radical (unpaired) electrons. The molecule has 1 saturated carbocycles. The third-order valence-corrected chi connectivity index (χ3v) is 5.44. The van der Waals surface area contributed by atoms with Crippen LogP contribution in [0.5, 0.6) is 0 Å². The van der Waals surface area contributed by atoms with Gasteiger partial charge in [-0.3, -0.25) is 4.21 Å². The Labute approximate surface area is 110 Å². The molecule has 0 aromatic heterocycles. The molecule has 1 aromatic rings. The number of hydrogen-bond donors (Lipinski definition) is 1. The van der Waals surface area contributed by atoms with Gasteiger partial charge < -0.3 is 5.73 Å². The molecule has 0 heterocycles. The van der Waals surface area contributed by atoms with Crippen LogP contribution in [0.3, 0.4) is 0 Å². The number of anilines is 1. The zero-order chi connectivity index (χ0) is 12.4. The van der Waals surface area contributed by atoms with E-state index in [9.17, 15) is 4.21 Å². The van der Waals surface area contributed by atoms with Crippen LogP contribution in [0.15, 0.2) is 23.1 Å². The van der Waals surface area contributed by atoms with Crippen LogP contribution >= 0.6 is 11.6 Å². The van der Waals surface area contributed by atoms with E-state index in [0.717, 1.165) is 19.3 Å². The largest absolute Gasteiger partial charge is 0.398 e. The smallest absolute Gasteiger partial charge is 0.0635 e. The van der Waals surface area contributed by atoms with Gasteiger partial charge in [0, 0.05) is 16.0 Å². The van der Waals surface area contributed by atoms with Crippen molar-refractivity contribution in [1.82, 2.24) is 0 Å². The summed E-state index contributed by atoms with van der Waals surface area (Å²) in [4.78, 5) is 0.705. The van der Waals surface area contributed by atoms with Crippen molar-refractivity contribution in [3.63, 3.8) is 0 Å². The maximum atomic E-state index is 12.5. The van der Waals surface area contributed by atoms with Crippen molar-refractivity contribution < 1.29 is 4.21 Å². The highest BCUT2D eigenvalue weighted by Crippen LogP contribution is 2.32. The highest BCUT2D eigenvalue weighted by atomic mass is 35.5. The second-order valence-corrected chi connectivity index (χ2v) is 7.01. The summed E-state index contributed by atoms with van der Waals surface area (Å²) in [5, 5.41) is 0.839. The Morgan fingerprint density at radius 1 is 1.41 bits per heavy atom. The maximum Gasteiger partial charge on any atom is 0.0635 e. The Hall–Kier alpha value is -0.540. The average molecular weight is 272 g/mol. The first-order valence-electron chi connectivity index (χ1n) is 6.03. The highest BCUT2D eigenvalue weighted by molar-refractivity contribution is 7.85. The first-order valence-corrected chi connectivity index (χ1v) is 7.62. The minimum atomic E-state index is -1.02. The number of nitrogens with two attached hydrogens (primary N) is 1. The molecular formula is C13H18ClNOS. The first kappa shape index (κ1) is 12.9. The lowest BCUT2D eigenvalue weighted by Crippen LogP contribution is -2.23. The Morgan fingerprint density at radius 3 is 2.88 bits per heavy atom. The fourth-order valence-electron chi connectivity index (χ4n) is 2.43. The Morgan fingerprint density at radius 2 is 2.18 bits per heavy atom. The molecule has 1 aromatic carbocycles. The monoisotopic (exact) mass is 271 g/mol. The van der Waals surface area contributed by atoms with Gasteiger partial charge in [0.2, 0.25) is 0 Å². The van der Waals surface area contributed by atoms with Gasteiger partial charge in [-0.1, -0.05) is 31.4 Å². The van der Waals surface area contributed by atoms with Gasteiger partial charge in [-0.25, -0.2) is 0 Å². The molecule has 1 aliphatic rings. The molecule has 2 N–H and O–H groups in total. The van der Waals surface area contributed by atoms with Crippen LogP contribution in [0.25, 0.3) is 0 Å². The summed E-state index contributed by atoms with van der Waals surface area (Å²) < 4.78 is 12.5. The summed E-state index contributed by atoms with van der Waals surface area (Å²) in [5.41, 5.74) is 6.47. The molecule has 1 aliphatic carbocycles. The standard InChI is InChI=1S/C13H18ClNOS/c1-9-3-2-4-11(7-9)17(16)13-8-10(14)5-6-12(13)15/h5-6,8-9,11H,2-4,7,15H2,1H3. The van der Waals surface area contributed by atoms with Gasteiger partial charge in [0.15, 0.2) is 0 Å². The molecule has 2 rings (SSSR count). The van der Waals surface area contributed by atoms with Gasteiger partial charge in [0.1, 0.15) is 0 Å². The van der Waals surface area contributed by atoms with Crippen LogP contribution in [0.2, 0.25) is 5.02 Å². The van der Waals surface area contributed by atoms with Crippen molar-refractivity contribution in [2.75, 3.05) is 5.73 Å². The van der Waals surface area contributed by atoms with Crippen LogP contribution in [0, 0.1) is 5.92 Å². The van der Waals surface area contributed by atoms with Crippen molar-refractivity contribution in [3.8, 4) is 0 Å². The molecule has 3 atom stereocenters. The van der Waals surface area contributed by atoms with Gasteiger partial charge in [-0.15, -0.1) is 0 Å². The lowest BCUT2D eigenvalue weighted by molar-refractivity contribution is 0.389. The van der Waals surface area contributed by atoms with Crippen molar-refractivity contribution in [2.45, 2.75) is 42.8 Å². The third-order valence-electron chi connectivity index (χ3n) is 3.38. The first-order chi connectivity index (χ1) is 8.08. The van der Waals surface area contributed by atoms with Gasteiger partial charge in [-0.05, 0) is 37.0 Å². The van der Waals surface area contributed by atoms with E-state index in [4.69, 9.17) is 17.3 Å². The number of nitrogen functional groups attached to an aromatic ring is 1.